The number of carbonyl (C=O) groups excluding carboxylic acids is 1. The zero-order valence-electron chi connectivity index (χ0n) is 17.2. The van der Waals surface area contributed by atoms with E-state index in [1.54, 1.807) is 19.2 Å². The first kappa shape index (κ1) is 23.1. The Morgan fingerprint density at radius 2 is 1.87 bits per heavy atom. The highest BCUT2D eigenvalue weighted by Crippen LogP contribution is 2.26. The van der Waals surface area contributed by atoms with Crippen LogP contribution in [0.4, 0.5) is 11.4 Å². The molecule has 2 aromatic carbocycles. The largest absolute Gasteiger partial charge is 0.497 e. The number of nitrogens with one attached hydrogen (secondary N) is 1. The van der Waals surface area contributed by atoms with E-state index in [1.165, 1.54) is 25.1 Å². The Balaban J connectivity index is 2.30. The number of ether oxygens (including phenoxy) is 1. The van der Waals surface area contributed by atoms with E-state index in [0.717, 1.165) is 22.2 Å². The summed E-state index contributed by atoms with van der Waals surface area (Å²) in [5.74, 6) is 0.164. The number of hydrogen-bond donors (Lipinski definition) is 1. The van der Waals surface area contributed by atoms with Crippen LogP contribution in [0.25, 0.3) is 0 Å². The van der Waals surface area contributed by atoms with Gasteiger partial charge in [0.1, 0.15) is 11.8 Å². The zero-order chi connectivity index (χ0) is 22.5. The Hall–Kier alpha value is -3.14. The zero-order valence-corrected chi connectivity index (χ0v) is 18.0. The monoisotopic (exact) mass is 435 g/mol. The predicted molar refractivity (Wildman–Crippen MR) is 114 cm³/mol. The Morgan fingerprint density at radius 3 is 2.37 bits per heavy atom. The first-order chi connectivity index (χ1) is 14.1. The van der Waals surface area contributed by atoms with Gasteiger partial charge >= 0.3 is 0 Å². The summed E-state index contributed by atoms with van der Waals surface area (Å²) in [6.07, 6.45) is 1.54. The van der Waals surface area contributed by atoms with Crippen molar-refractivity contribution in [3.8, 4) is 5.75 Å². The van der Waals surface area contributed by atoms with E-state index in [0.29, 0.717) is 12.2 Å². The molecule has 0 aromatic heterocycles. The summed E-state index contributed by atoms with van der Waals surface area (Å²) in [6.45, 7) is 3.34. The maximum Gasteiger partial charge on any atom is 0.271 e. The first-order valence-corrected chi connectivity index (χ1v) is 11.1. The Kier molecular flexibility index (Phi) is 7.38. The standard InChI is InChI=1S/C20H25N3O6S/c1-5-19(15-9-11-18(29-3)12-10-15)21-20(24)14(2)22(30(4,27)28)16-7-6-8-17(13-16)23(25)26/h6-14,19H,5H2,1-4H3,(H,21,24)/t14-,19+/m1/s1. The summed E-state index contributed by atoms with van der Waals surface area (Å²) in [4.78, 5) is 23.4. The van der Waals surface area contributed by atoms with Gasteiger partial charge in [0.05, 0.1) is 30.0 Å². The molecule has 30 heavy (non-hydrogen) atoms. The molecule has 2 aromatic rings. The fourth-order valence-corrected chi connectivity index (χ4v) is 4.27. The van der Waals surface area contributed by atoms with Crippen LogP contribution in [0.1, 0.15) is 31.9 Å². The number of nitrogens with zero attached hydrogens (tertiary/aromatic N) is 2. The van der Waals surface area contributed by atoms with E-state index < -0.39 is 26.9 Å². The maximum atomic E-state index is 12.9. The second-order valence-electron chi connectivity index (χ2n) is 6.75. The van der Waals surface area contributed by atoms with E-state index >= 15 is 0 Å². The van der Waals surface area contributed by atoms with Crippen molar-refractivity contribution in [3.05, 3.63) is 64.2 Å². The summed E-state index contributed by atoms with van der Waals surface area (Å²) in [7, 11) is -2.33. The molecule has 0 saturated heterocycles. The van der Waals surface area contributed by atoms with Crippen LogP contribution >= 0.6 is 0 Å². The number of nitro benzene ring substituents is 1. The summed E-state index contributed by atoms with van der Waals surface area (Å²) >= 11 is 0. The maximum absolute atomic E-state index is 12.9. The molecular formula is C20H25N3O6S. The average Bonchev–Trinajstić information content (AvgIpc) is 2.71. The molecule has 0 aliphatic carbocycles. The van der Waals surface area contributed by atoms with Gasteiger partial charge in [-0.25, -0.2) is 8.42 Å². The van der Waals surface area contributed by atoms with Gasteiger partial charge in [0.2, 0.25) is 15.9 Å². The molecule has 2 rings (SSSR count). The van der Waals surface area contributed by atoms with Crippen LogP contribution < -0.4 is 14.4 Å². The number of methoxy groups -OCH3 is 1. The van der Waals surface area contributed by atoms with Crippen molar-refractivity contribution in [1.29, 1.82) is 0 Å². The summed E-state index contributed by atoms with van der Waals surface area (Å²) < 4.78 is 30.9. The molecule has 2 atom stereocenters. The number of nitro groups is 1. The molecular weight excluding hydrogens is 410 g/mol. The van der Waals surface area contributed by atoms with Crippen molar-refractivity contribution >= 4 is 27.3 Å². The van der Waals surface area contributed by atoms with Crippen molar-refractivity contribution in [2.45, 2.75) is 32.4 Å². The highest BCUT2D eigenvalue weighted by atomic mass is 32.2. The van der Waals surface area contributed by atoms with Gasteiger partial charge < -0.3 is 10.1 Å². The number of benzene rings is 2. The number of anilines is 1. The number of hydrogen-bond acceptors (Lipinski definition) is 6. The lowest BCUT2D eigenvalue weighted by Gasteiger charge is -2.29. The summed E-state index contributed by atoms with van der Waals surface area (Å²) in [5, 5.41) is 13.9. The molecule has 1 amide bonds. The van der Waals surface area contributed by atoms with Crippen LogP contribution in [-0.4, -0.2) is 38.7 Å². The van der Waals surface area contributed by atoms with Crippen LogP contribution in [0.2, 0.25) is 0 Å². The smallest absolute Gasteiger partial charge is 0.271 e. The number of rotatable bonds is 9. The second-order valence-corrected chi connectivity index (χ2v) is 8.61. The van der Waals surface area contributed by atoms with E-state index in [2.05, 4.69) is 5.32 Å². The van der Waals surface area contributed by atoms with Crippen molar-refractivity contribution in [2.24, 2.45) is 0 Å². The minimum Gasteiger partial charge on any atom is -0.497 e. The molecule has 1 N–H and O–H groups in total. The number of amides is 1. The lowest BCUT2D eigenvalue weighted by Crippen LogP contribution is -2.48. The molecule has 0 unspecified atom stereocenters. The third-order valence-corrected chi connectivity index (χ3v) is 5.87. The quantitative estimate of drug-likeness (QED) is 0.478. The van der Waals surface area contributed by atoms with Crippen molar-refractivity contribution < 1.29 is 22.9 Å². The van der Waals surface area contributed by atoms with Crippen LogP contribution in [-0.2, 0) is 14.8 Å². The fraction of sp³-hybridized carbons (Fsp3) is 0.350. The van der Waals surface area contributed by atoms with E-state index in [-0.39, 0.29) is 17.4 Å². The number of sulfonamides is 1. The van der Waals surface area contributed by atoms with Crippen LogP contribution in [0.5, 0.6) is 5.75 Å². The molecule has 0 saturated carbocycles. The van der Waals surface area contributed by atoms with Crippen LogP contribution in [0, 0.1) is 10.1 Å². The van der Waals surface area contributed by atoms with Crippen molar-refractivity contribution in [1.82, 2.24) is 5.32 Å². The Labute approximate surface area is 175 Å². The third kappa shape index (κ3) is 5.47. The normalized spacial score (nSPS) is 13.2. The Bertz CT molecular complexity index is 1010. The molecule has 0 radical (unpaired) electrons. The van der Waals surface area contributed by atoms with Crippen molar-refractivity contribution in [3.63, 3.8) is 0 Å². The first-order valence-electron chi connectivity index (χ1n) is 9.26. The van der Waals surface area contributed by atoms with Gasteiger partial charge in [0, 0.05) is 12.1 Å². The van der Waals surface area contributed by atoms with E-state index in [9.17, 15) is 23.3 Å². The average molecular weight is 436 g/mol. The van der Waals surface area contributed by atoms with E-state index in [1.807, 2.05) is 19.1 Å². The molecule has 0 bridgehead atoms. The number of non-ortho nitro benzene ring substituents is 1. The Morgan fingerprint density at radius 1 is 1.23 bits per heavy atom. The molecule has 0 spiro atoms. The second kappa shape index (κ2) is 9.57. The van der Waals surface area contributed by atoms with Gasteiger partial charge in [0.15, 0.2) is 0 Å². The molecule has 0 aliphatic heterocycles. The van der Waals surface area contributed by atoms with Gasteiger partial charge in [-0.2, -0.15) is 0 Å². The summed E-state index contributed by atoms with van der Waals surface area (Å²) in [5.41, 5.74) is 0.630. The van der Waals surface area contributed by atoms with Gasteiger partial charge in [-0.05, 0) is 37.1 Å². The minimum atomic E-state index is -3.89. The highest BCUT2D eigenvalue weighted by molar-refractivity contribution is 7.92. The van der Waals surface area contributed by atoms with Gasteiger partial charge in [-0.3, -0.25) is 19.2 Å². The molecule has 0 fully saturated rings. The predicted octanol–water partition coefficient (Wildman–Crippen LogP) is 3.03. The van der Waals surface area contributed by atoms with Gasteiger partial charge in [-0.1, -0.05) is 25.1 Å². The number of carbonyl (C=O) groups is 1. The molecule has 10 heteroatoms. The van der Waals surface area contributed by atoms with Crippen molar-refractivity contribution in [2.75, 3.05) is 17.7 Å². The fourth-order valence-electron chi connectivity index (χ4n) is 3.10. The van der Waals surface area contributed by atoms with Crippen LogP contribution in [0.3, 0.4) is 0 Å². The molecule has 9 nitrogen and oxygen atoms in total. The minimum absolute atomic E-state index is 0.0480. The lowest BCUT2D eigenvalue weighted by molar-refractivity contribution is -0.384. The lowest BCUT2D eigenvalue weighted by atomic mass is 10.0. The topological polar surface area (TPSA) is 119 Å². The SMILES string of the molecule is CC[C@H](NC(=O)[C@@H](C)N(c1cccc([N+](=O)[O-])c1)S(C)(=O)=O)c1ccc(OC)cc1. The van der Waals surface area contributed by atoms with E-state index in [4.69, 9.17) is 4.74 Å². The van der Waals surface area contributed by atoms with Crippen LogP contribution in [0.15, 0.2) is 48.5 Å². The van der Waals surface area contributed by atoms with Gasteiger partial charge in [0.25, 0.3) is 5.69 Å². The third-order valence-electron chi connectivity index (χ3n) is 4.63. The highest BCUT2D eigenvalue weighted by Gasteiger charge is 2.31. The van der Waals surface area contributed by atoms with Gasteiger partial charge in [-0.15, -0.1) is 0 Å². The molecule has 0 heterocycles. The molecule has 0 aliphatic rings. The molecule has 162 valence electrons. The summed E-state index contributed by atoms with van der Waals surface area (Å²) in [6, 6.07) is 10.9.